The quantitative estimate of drug-likeness (QED) is 0.845. The molecular weight excluding hydrogens is 288 g/mol. The van der Waals surface area contributed by atoms with Gasteiger partial charge in [-0.15, -0.1) is 0 Å². The molecule has 1 atom stereocenters. The van der Waals surface area contributed by atoms with Gasteiger partial charge in [0.2, 0.25) is 5.91 Å². The number of urea groups is 1. The van der Waals surface area contributed by atoms with Crippen molar-refractivity contribution in [2.75, 3.05) is 7.05 Å². The average Bonchev–Trinajstić information content (AvgIpc) is 2.96. The smallest absolute Gasteiger partial charge is 0.321 e. The van der Waals surface area contributed by atoms with Gasteiger partial charge >= 0.3 is 6.03 Å². The fraction of sp³-hybridized carbons (Fsp3) is 0.214. The molecule has 6 nitrogen and oxygen atoms in total. The Balaban J connectivity index is 2.09. The predicted octanol–water partition coefficient (Wildman–Crippen LogP) is 1.81. The number of imide groups is 1. The highest BCUT2D eigenvalue weighted by atomic mass is 32.2. The zero-order valence-electron chi connectivity index (χ0n) is 11.7. The molecule has 2 rings (SSSR count). The van der Waals surface area contributed by atoms with E-state index in [1.165, 1.54) is 18.8 Å². The number of imidazole rings is 1. The summed E-state index contributed by atoms with van der Waals surface area (Å²) >= 11 is 1.29. The molecule has 1 aromatic heterocycles. The minimum Gasteiger partial charge on any atom is -0.341 e. The molecular formula is C14H16N4O2S. The Morgan fingerprint density at radius 2 is 2.00 bits per heavy atom. The van der Waals surface area contributed by atoms with Crippen molar-refractivity contribution >= 4 is 23.7 Å². The van der Waals surface area contributed by atoms with E-state index in [0.717, 1.165) is 5.69 Å². The van der Waals surface area contributed by atoms with Gasteiger partial charge in [-0.2, -0.15) is 0 Å². The number of amides is 3. The molecule has 0 saturated heterocycles. The van der Waals surface area contributed by atoms with E-state index in [9.17, 15) is 9.59 Å². The summed E-state index contributed by atoms with van der Waals surface area (Å²) in [5, 5.41) is 4.86. The minimum atomic E-state index is -0.515. The van der Waals surface area contributed by atoms with Crippen molar-refractivity contribution < 1.29 is 9.59 Å². The van der Waals surface area contributed by atoms with Crippen LogP contribution in [0.2, 0.25) is 0 Å². The summed E-state index contributed by atoms with van der Waals surface area (Å²) in [6.45, 7) is 1.73. The molecule has 0 fully saturated rings. The Hall–Kier alpha value is -2.28. The number of aromatic nitrogens is 2. The van der Waals surface area contributed by atoms with Crippen LogP contribution in [0.15, 0.2) is 47.9 Å². The van der Waals surface area contributed by atoms with E-state index >= 15 is 0 Å². The SMILES string of the molecule is CNC(=O)NC(=O)[C@@H](C)Sc1nccn1-c1ccccc1. The van der Waals surface area contributed by atoms with Gasteiger partial charge in [0.15, 0.2) is 5.16 Å². The molecule has 2 N–H and O–H groups in total. The number of hydrogen-bond donors (Lipinski definition) is 2. The Labute approximate surface area is 126 Å². The third kappa shape index (κ3) is 3.85. The third-order valence-electron chi connectivity index (χ3n) is 2.76. The summed E-state index contributed by atoms with van der Waals surface area (Å²) in [5.41, 5.74) is 0.969. The first kappa shape index (κ1) is 15.1. The van der Waals surface area contributed by atoms with Gasteiger partial charge in [-0.1, -0.05) is 30.0 Å². The topological polar surface area (TPSA) is 76.0 Å². The molecule has 0 aliphatic carbocycles. The Morgan fingerprint density at radius 1 is 1.29 bits per heavy atom. The molecule has 0 aliphatic rings. The zero-order valence-corrected chi connectivity index (χ0v) is 12.6. The number of rotatable bonds is 4. The molecule has 2 aromatic rings. The maximum Gasteiger partial charge on any atom is 0.321 e. The van der Waals surface area contributed by atoms with Crippen LogP contribution < -0.4 is 10.6 Å². The molecule has 3 amide bonds. The number of hydrogen-bond acceptors (Lipinski definition) is 4. The van der Waals surface area contributed by atoms with Crippen LogP contribution in [0, 0.1) is 0 Å². The highest BCUT2D eigenvalue weighted by Gasteiger charge is 2.19. The second-order valence-electron chi connectivity index (χ2n) is 4.24. The molecule has 0 spiro atoms. The largest absolute Gasteiger partial charge is 0.341 e. The molecule has 0 aliphatic heterocycles. The molecule has 0 bridgehead atoms. The van der Waals surface area contributed by atoms with Gasteiger partial charge in [-0.3, -0.25) is 14.7 Å². The van der Waals surface area contributed by atoms with Crippen molar-refractivity contribution in [3.05, 3.63) is 42.7 Å². The standard InChI is InChI=1S/C14H16N4O2S/c1-10(12(19)17-13(20)15-2)21-14-16-8-9-18(14)11-6-4-3-5-7-11/h3-10H,1-2H3,(H2,15,17,19,20)/t10-/m1/s1. The Bertz CT molecular complexity index is 627. The molecule has 1 aromatic carbocycles. The van der Waals surface area contributed by atoms with E-state index in [2.05, 4.69) is 15.6 Å². The van der Waals surface area contributed by atoms with E-state index in [-0.39, 0.29) is 5.91 Å². The first-order chi connectivity index (χ1) is 10.1. The molecule has 21 heavy (non-hydrogen) atoms. The van der Waals surface area contributed by atoms with Crippen molar-refractivity contribution in [1.82, 2.24) is 20.2 Å². The van der Waals surface area contributed by atoms with Gasteiger partial charge in [0.1, 0.15) is 0 Å². The first-order valence-electron chi connectivity index (χ1n) is 6.40. The van der Waals surface area contributed by atoms with Crippen LogP contribution in [0.3, 0.4) is 0 Å². The zero-order chi connectivity index (χ0) is 15.2. The number of carbonyl (C=O) groups is 2. The molecule has 7 heteroatoms. The second-order valence-corrected chi connectivity index (χ2v) is 5.55. The van der Waals surface area contributed by atoms with Gasteiger partial charge < -0.3 is 5.32 Å². The number of para-hydroxylation sites is 1. The van der Waals surface area contributed by atoms with Crippen LogP contribution in [-0.4, -0.2) is 33.8 Å². The fourth-order valence-corrected chi connectivity index (χ4v) is 2.53. The number of benzene rings is 1. The maximum absolute atomic E-state index is 11.9. The lowest BCUT2D eigenvalue weighted by molar-refractivity contribution is -0.119. The lowest BCUT2D eigenvalue weighted by Gasteiger charge is -2.12. The van der Waals surface area contributed by atoms with Crippen LogP contribution >= 0.6 is 11.8 Å². The summed E-state index contributed by atoms with van der Waals surface area (Å²) in [6.07, 6.45) is 3.51. The van der Waals surface area contributed by atoms with E-state index in [0.29, 0.717) is 5.16 Å². The van der Waals surface area contributed by atoms with Crippen molar-refractivity contribution in [2.24, 2.45) is 0 Å². The average molecular weight is 304 g/mol. The van der Waals surface area contributed by atoms with Crippen LogP contribution in [0.5, 0.6) is 0 Å². The van der Waals surface area contributed by atoms with Gasteiger partial charge in [0.25, 0.3) is 0 Å². The Kier molecular flexibility index (Phi) is 4.99. The van der Waals surface area contributed by atoms with E-state index in [1.807, 2.05) is 41.1 Å². The highest BCUT2D eigenvalue weighted by Crippen LogP contribution is 2.24. The van der Waals surface area contributed by atoms with Gasteiger partial charge in [-0.05, 0) is 19.1 Å². The molecule has 1 heterocycles. The lowest BCUT2D eigenvalue weighted by Crippen LogP contribution is -2.41. The predicted molar refractivity (Wildman–Crippen MR) is 81.5 cm³/mol. The molecule has 110 valence electrons. The van der Waals surface area contributed by atoms with Gasteiger partial charge in [-0.25, -0.2) is 9.78 Å². The van der Waals surface area contributed by atoms with Gasteiger partial charge in [0, 0.05) is 25.1 Å². The van der Waals surface area contributed by atoms with Crippen LogP contribution in [-0.2, 0) is 4.79 Å². The van der Waals surface area contributed by atoms with E-state index in [4.69, 9.17) is 0 Å². The summed E-state index contributed by atoms with van der Waals surface area (Å²) in [5.74, 6) is -0.359. The molecule has 0 unspecified atom stereocenters. The number of nitrogens with one attached hydrogen (secondary N) is 2. The molecule has 0 saturated carbocycles. The van der Waals surface area contributed by atoms with E-state index in [1.54, 1.807) is 13.1 Å². The van der Waals surface area contributed by atoms with Crippen LogP contribution in [0.25, 0.3) is 5.69 Å². The first-order valence-corrected chi connectivity index (χ1v) is 7.27. The third-order valence-corrected chi connectivity index (χ3v) is 3.84. The van der Waals surface area contributed by atoms with Crippen molar-refractivity contribution in [3.8, 4) is 5.69 Å². The van der Waals surface area contributed by atoms with Gasteiger partial charge in [0.05, 0.1) is 5.25 Å². The monoisotopic (exact) mass is 304 g/mol. The van der Waals surface area contributed by atoms with Crippen molar-refractivity contribution in [2.45, 2.75) is 17.3 Å². The number of carbonyl (C=O) groups excluding carboxylic acids is 2. The minimum absolute atomic E-state index is 0.359. The summed E-state index contributed by atoms with van der Waals surface area (Å²) in [4.78, 5) is 27.3. The number of nitrogens with zero attached hydrogens (tertiary/aromatic N) is 2. The number of thioether (sulfide) groups is 1. The van der Waals surface area contributed by atoms with Crippen LogP contribution in [0.1, 0.15) is 6.92 Å². The second kappa shape index (κ2) is 6.94. The summed E-state index contributed by atoms with van der Waals surface area (Å²) in [7, 11) is 1.46. The van der Waals surface area contributed by atoms with Crippen LogP contribution in [0.4, 0.5) is 4.79 Å². The van der Waals surface area contributed by atoms with E-state index < -0.39 is 11.3 Å². The summed E-state index contributed by atoms with van der Waals surface area (Å²) in [6, 6.07) is 9.21. The Morgan fingerprint density at radius 3 is 2.67 bits per heavy atom. The highest BCUT2D eigenvalue weighted by molar-refractivity contribution is 8.00. The normalized spacial score (nSPS) is 11.7. The van der Waals surface area contributed by atoms with Crippen molar-refractivity contribution in [1.29, 1.82) is 0 Å². The maximum atomic E-state index is 11.9. The lowest BCUT2D eigenvalue weighted by atomic mass is 10.3. The summed E-state index contributed by atoms with van der Waals surface area (Å²) < 4.78 is 1.90. The molecule has 0 radical (unpaired) electrons. The van der Waals surface area contributed by atoms with Crippen molar-refractivity contribution in [3.63, 3.8) is 0 Å². The fourth-order valence-electron chi connectivity index (χ4n) is 1.65.